The topological polar surface area (TPSA) is 128 Å². The minimum absolute atomic E-state index is 0.138. The Kier molecular flexibility index (Phi) is 4.50. The van der Waals surface area contributed by atoms with Crippen LogP contribution in [0.2, 0.25) is 0 Å². The highest BCUT2D eigenvalue weighted by Crippen LogP contribution is 2.23. The summed E-state index contributed by atoms with van der Waals surface area (Å²) in [5, 5.41) is 9.74. The molecule has 0 amide bonds. The van der Waals surface area contributed by atoms with Gasteiger partial charge in [0.25, 0.3) is 10.0 Å². The molecule has 0 saturated carbocycles. The van der Waals surface area contributed by atoms with Crippen LogP contribution in [0, 0.1) is 0 Å². The van der Waals surface area contributed by atoms with Gasteiger partial charge in [0, 0.05) is 11.4 Å². The Labute approximate surface area is 140 Å². The number of fused-ring (bicyclic) bond motifs is 1. The van der Waals surface area contributed by atoms with Gasteiger partial charge in [-0.25, -0.2) is 8.42 Å². The van der Waals surface area contributed by atoms with Crippen LogP contribution in [0.15, 0.2) is 41.3 Å². The van der Waals surface area contributed by atoms with E-state index in [1.54, 1.807) is 24.3 Å². The average Bonchev–Trinajstić information content (AvgIpc) is 2.88. The molecule has 9 heteroatoms. The van der Waals surface area contributed by atoms with Crippen LogP contribution in [-0.2, 0) is 27.7 Å². The third-order valence-corrected chi connectivity index (χ3v) is 5.33. The maximum atomic E-state index is 12.7. The Bertz CT molecular complexity index is 873. The number of benzene rings is 2. The van der Waals surface area contributed by atoms with Gasteiger partial charge < -0.3 is 21.1 Å². The van der Waals surface area contributed by atoms with Crippen molar-refractivity contribution in [3.8, 4) is 0 Å². The molecular formula is C15H18BN3O4S. The molecule has 0 radical (unpaired) electrons. The summed E-state index contributed by atoms with van der Waals surface area (Å²) in [6.07, 6.45) is 0.401. The summed E-state index contributed by atoms with van der Waals surface area (Å²) in [5.41, 5.74) is 14.1. The predicted molar refractivity (Wildman–Crippen MR) is 93.3 cm³/mol. The fraction of sp³-hybridized carbons (Fsp3) is 0.200. The number of sulfonamides is 1. The Balaban J connectivity index is 1.94. The van der Waals surface area contributed by atoms with Gasteiger partial charge in [-0.15, -0.1) is 0 Å². The Morgan fingerprint density at radius 2 is 2.04 bits per heavy atom. The first-order chi connectivity index (χ1) is 11.4. The van der Waals surface area contributed by atoms with Crippen molar-refractivity contribution in [1.29, 1.82) is 0 Å². The molecule has 6 N–H and O–H groups in total. The van der Waals surface area contributed by atoms with E-state index in [0.29, 0.717) is 42.0 Å². The highest BCUT2D eigenvalue weighted by Gasteiger charge is 2.28. The number of nitrogen functional groups attached to an aromatic ring is 1. The number of anilines is 2. The van der Waals surface area contributed by atoms with E-state index in [1.165, 1.54) is 12.1 Å². The normalized spacial score (nSPS) is 13.8. The van der Waals surface area contributed by atoms with Crippen molar-refractivity contribution < 1.29 is 18.1 Å². The zero-order chi connectivity index (χ0) is 17.3. The molecular weight excluding hydrogens is 329 g/mol. The van der Waals surface area contributed by atoms with Gasteiger partial charge in [-0.05, 0) is 59.9 Å². The third-order valence-electron chi connectivity index (χ3n) is 3.85. The van der Waals surface area contributed by atoms with Crippen LogP contribution >= 0.6 is 0 Å². The maximum Gasteiger partial charge on any atom is 0.491 e. The molecule has 0 unspecified atom stereocenters. The summed E-state index contributed by atoms with van der Waals surface area (Å²) >= 11 is 0. The molecule has 2 aromatic carbocycles. The molecule has 1 aliphatic heterocycles. The van der Waals surface area contributed by atoms with Crippen molar-refractivity contribution in [2.75, 3.05) is 17.0 Å². The van der Waals surface area contributed by atoms with Gasteiger partial charge in [-0.2, -0.15) is 0 Å². The fourth-order valence-electron chi connectivity index (χ4n) is 2.70. The fourth-order valence-corrected chi connectivity index (χ4v) is 4.00. The quantitative estimate of drug-likeness (QED) is 0.438. The number of hydrogen-bond acceptors (Lipinski definition) is 6. The van der Waals surface area contributed by atoms with Crippen molar-refractivity contribution in [3.63, 3.8) is 0 Å². The first-order valence-electron chi connectivity index (χ1n) is 7.44. The minimum Gasteiger partial charge on any atom is -0.423 e. The second kappa shape index (κ2) is 6.44. The van der Waals surface area contributed by atoms with E-state index in [1.807, 2.05) is 0 Å². The zero-order valence-corrected chi connectivity index (χ0v) is 13.7. The number of nitrogens with one attached hydrogen (secondary N) is 1. The molecule has 24 heavy (non-hydrogen) atoms. The lowest BCUT2D eigenvalue weighted by molar-refractivity contribution is 0.275. The average molecular weight is 347 g/mol. The van der Waals surface area contributed by atoms with E-state index in [2.05, 4.69) is 4.72 Å². The lowest BCUT2D eigenvalue weighted by Crippen LogP contribution is -2.28. The first-order valence-corrected chi connectivity index (χ1v) is 8.93. The summed E-state index contributed by atoms with van der Waals surface area (Å²) in [4.78, 5) is 0.138. The largest absolute Gasteiger partial charge is 0.491 e. The van der Waals surface area contributed by atoms with Crippen LogP contribution in [0.4, 0.5) is 11.4 Å². The highest BCUT2D eigenvalue weighted by atomic mass is 32.2. The first kappa shape index (κ1) is 16.8. The van der Waals surface area contributed by atoms with Gasteiger partial charge in [0.2, 0.25) is 0 Å². The molecule has 0 fully saturated rings. The zero-order valence-electron chi connectivity index (χ0n) is 12.9. The van der Waals surface area contributed by atoms with Crippen LogP contribution in [0.5, 0.6) is 0 Å². The van der Waals surface area contributed by atoms with E-state index in [4.69, 9.17) is 16.1 Å². The summed E-state index contributed by atoms with van der Waals surface area (Å²) in [6, 6.07) is 9.56. The lowest BCUT2D eigenvalue weighted by atomic mass is 9.79. The van der Waals surface area contributed by atoms with Gasteiger partial charge in [0.15, 0.2) is 0 Å². The molecule has 1 aliphatic rings. The smallest absolute Gasteiger partial charge is 0.423 e. The van der Waals surface area contributed by atoms with E-state index in [9.17, 15) is 13.4 Å². The molecule has 3 rings (SSSR count). The van der Waals surface area contributed by atoms with E-state index in [-0.39, 0.29) is 4.90 Å². The summed E-state index contributed by atoms with van der Waals surface area (Å²) in [5.74, 6) is 0. The Hall–Kier alpha value is -2.07. The van der Waals surface area contributed by atoms with Crippen molar-refractivity contribution in [2.45, 2.75) is 17.9 Å². The van der Waals surface area contributed by atoms with Gasteiger partial charge in [-0.3, -0.25) is 4.72 Å². The van der Waals surface area contributed by atoms with Gasteiger partial charge in [-0.1, -0.05) is 6.07 Å². The van der Waals surface area contributed by atoms with Gasteiger partial charge in [0.05, 0.1) is 11.5 Å². The third kappa shape index (κ3) is 3.24. The molecule has 0 atom stereocenters. The molecule has 1 heterocycles. The molecule has 126 valence electrons. The van der Waals surface area contributed by atoms with Crippen LogP contribution in [-0.4, -0.2) is 27.1 Å². The van der Waals surface area contributed by atoms with Crippen LogP contribution in [0.1, 0.15) is 11.1 Å². The lowest BCUT2D eigenvalue weighted by Gasteiger charge is -2.13. The maximum absolute atomic E-state index is 12.7. The van der Waals surface area contributed by atoms with Crippen LogP contribution < -0.4 is 21.7 Å². The van der Waals surface area contributed by atoms with Gasteiger partial charge in [0.1, 0.15) is 0 Å². The molecule has 0 aromatic heterocycles. The van der Waals surface area contributed by atoms with Crippen molar-refractivity contribution in [1.82, 2.24) is 0 Å². The predicted octanol–water partition coefficient (Wildman–Crippen LogP) is -0.212. The van der Waals surface area contributed by atoms with Crippen LogP contribution in [0.3, 0.4) is 0 Å². The van der Waals surface area contributed by atoms with E-state index in [0.717, 1.165) is 5.56 Å². The van der Waals surface area contributed by atoms with Crippen molar-refractivity contribution in [2.24, 2.45) is 5.73 Å². The molecule has 0 spiro atoms. The summed E-state index contributed by atoms with van der Waals surface area (Å²) in [7, 11) is -4.83. The molecule has 0 saturated heterocycles. The molecule has 7 nitrogen and oxygen atoms in total. The Morgan fingerprint density at radius 1 is 1.25 bits per heavy atom. The number of rotatable bonds is 5. The summed E-state index contributed by atoms with van der Waals surface area (Å²) < 4.78 is 33.0. The molecule has 0 bridgehead atoms. The number of hydrogen-bond donors (Lipinski definition) is 4. The monoisotopic (exact) mass is 347 g/mol. The van der Waals surface area contributed by atoms with Gasteiger partial charge >= 0.3 is 7.12 Å². The van der Waals surface area contributed by atoms with E-state index < -0.39 is 17.1 Å². The van der Waals surface area contributed by atoms with Crippen molar-refractivity contribution in [3.05, 3.63) is 47.5 Å². The van der Waals surface area contributed by atoms with Crippen LogP contribution in [0.25, 0.3) is 0 Å². The summed E-state index contributed by atoms with van der Waals surface area (Å²) in [6.45, 7) is 0.622. The Morgan fingerprint density at radius 3 is 2.79 bits per heavy atom. The SMILES string of the molecule is NCCc1cc(N)ccc1S(=O)(=O)Nc1ccc2c(c1)B(O)OC2. The second-order valence-electron chi connectivity index (χ2n) is 5.59. The number of nitrogens with two attached hydrogens (primary N) is 2. The molecule has 0 aliphatic carbocycles. The standard InChI is InChI=1S/C15H18BN3O4S/c17-6-5-10-7-12(18)2-4-15(10)24(21,22)19-13-3-1-11-9-23-16(20)14(11)8-13/h1-4,7-8,19-20H,5-6,9,17-18H2. The van der Waals surface area contributed by atoms with E-state index >= 15 is 0 Å². The van der Waals surface area contributed by atoms with Crippen molar-refractivity contribution >= 4 is 34.0 Å². The highest BCUT2D eigenvalue weighted by molar-refractivity contribution is 7.92. The second-order valence-corrected chi connectivity index (χ2v) is 7.24. The molecule has 2 aromatic rings. The minimum atomic E-state index is -3.80.